The fraction of sp³-hybridized carbons (Fsp3) is 0.250. The van der Waals surface area contributed by atoms with Gasteiger partial charge in [0.25, 0.3) is 0 Å². The van der Waals surface area contributed by atoms with Crippen LogP contribution in [0.2, 0.25) is 10.0 Å². The average Bonchev–Trinajstić information content (AvgIpc) is 2.64. The maximum Gasteiger partial charge on any atom is 0.243 e. The maximum atomic E-state index is 12.7. The molecular weight excluding hydrogens is 383 g/mol. The van der Waals surface area contributed by atoms with Gasteiger partial charge in [0.1, 0.15) is 11.8 Å². The summed E-state index contributed by atoms with van der Waals surface area (Å²) in [5, 5.41) is 9.32. The molecule has 2 aromatic rings. The van der Waals surface area contributed by atoms with Crippen LogP contribution in [0, 0.1) is 11.3 Å². The third-order valence-corrected chi connectivity index (χ3v) is 6.63. The molecule has 0 N–H and O–H groups in total. The fourth-order valence-corrected chi connectivity index (χ4v) is 4.42. The SMILES string of the molecule is N#Cc1ccc(N2CCN(S(=O)(=O)c3ccc(Cl)c(Cl)c3)CC2)cn1. The van der Waals surface area contributed by atoms with Crippen LogP contribution >= 0.6 is 23.2 Å². The van der Waals surface area contributed by atoms with E-state index >= 15 is 0 Å². The first kappa shape index (κ1) is 18.0. The van der Waals surface area contributed by atoms with Gasteiger partial charge < -0.3 is 4.90 Å². The van der Waals surface area contributed by atoms with E-state index in [4.69, 9.17) is 28.5 Å². The molecule has 3 rings (SSSR count). The first-order chi connectivity index (χ1) is 11.9. The fourth-order valence-electron chi connectivity index (χ4n) is 2.61. The standard InChI is InChI=1S/C16H14Cl2N4O2S/c17-15-4-3-14(9-16(15)18)25(23,24)22-7-5-21(6-8-22)13-2-1-12(10-19)20-11-13/h1-4,9,11H,5-8H2. The molecule has 1 aromatic heterocycles. The number of piperazine rings is 1. The Balaban J connectivity index is 1.72. The number of hydrogen-bond acceptors (Lipinski definition) is 5. The van der Waals surface area contributed by atoms with Gasteiger partial charge in [-0.05, 0) is 30.3 Å². The predicted molar refractivity (Wildman–Crippen MR) is 96.4 cm³/mol. The van der Waals surface area contributed by atoms with Crippen LogP contribution in [0.4, 0.5) is 5.69 Å². The van der Waals surface area contributed by atoms with Crippen LogP contribution in [-0.4, -0.2) is 43.9 Å². The molecule has 0 saturated carbocycles. The lowest BCUT2D eigenvalue weighted by Gasteiger charge is -2.35. The van der Waals surface area contributed by atoms with E-state index in [1.165, 1.54) is 22.5 Å². The quantitative estimate of drug-likeness (QED) is 0.796. The van der Waals surface area contributed by atoms with E-state index in [2.05, 4.69) is 4.98 Å². The van der Waals surface area contributed by atoms with Gasteiger partial charge in [0.05, 0.1) is 26.8 Å². The highest BCUT2D eigenvalue weighted by molar-refractivity contribution is 7.89. The highest BCUT2D eigenvalue weighted by Crippen LogP contribution is 2.27. The number of pyridine rings is 1. The van der Waals surface area contributed by atoms with Crippen molar-refractivity contribution in [2.24, 2.45) is 0 Å². The third kappa shape index (κ3) is 3.72. The highest BCUT2D eigenvalue weighted by Gasteiger charge is 2.29. The largest absolute Gasteiger partial charge is 0.368 e. The number of nitrogens with zero attached hydrogens (tertiary/aromatic N) is 4. The van der Waals surface area contributed by atoms with Crippen molar-refractivity contribution in [2.45, 2.75) is 4.90 Å². The third-order valence-electron chi connectivity index (χ3n) is 4.00. The molecule has 6 nitrogen and oxygen atoms in total. The van der Waals surface area contributed by atoms with Gasteiger partial charge in [0, 0.05) is 26.2 Å². The lowest BCUT2D eigenvalue weighted by molar-refractivity contribution is 0.385. The summed E-state index contributed by atoms with van der Waals surface area (Å²) in [6, 6.07) is 9.75. The summed E-state index contributed by atoms with van der Waals surface area (Å²) in [5.74, 6) is 0. The van der Waals surface area contributed by atoms with Crippen molar-refractivity contribution in [1.82, 2.24) is 9.29 Å². The highest BCUT2D eigenvalue weighted by atomic mass is 35.5. The zero-order valence-corrected chi connectivity index (χ0v) is 15.4. The molecule has 0 radical (unpaired) electrons. The van der Waals surface area contributed by atoms with Crippen molar-refractivity contribution < 1.29 is 8.42 Å². The minimum Gasteiger partial charge on any atom is -0.368 e. The predicted octanol–water partition coefficient (Wildman–Crippen LogP) is 2.77. The first-order valence-corrected chi connectivity index (χ1v) is 9.68. The van der Waals surface area contributed by atoms with Crippen LogP contribution in [0.1, 0.15) is 5.69 Å². The summed E-state index contributed by atoms with van der Waals surface area (Å²) < 4.78 is 26.9. The lowest BCUT2D eigenvalue weighted by Crippen LogP contribution is -2.48. The number of rotatable bonds is 3. The molecule has 9 heteroatoms. The molecule has 2 heterocycles. The molecule has 1 aromatic carbocycles. The number of hydrogen-bond donors (Lipinski definition) is 0. The molecule has 0 bridgehead atoms. The Labute approximate surface area is 156 Å². The van der Waals surface area contributed by atoms with E-state index in [-0.39, 0.29) is 9.92 Å². The summed E-state index contributed by atoms with van der Waals surface area (Å²) in [6.07, 6.45) is 1.63. The van der Waals surface area contributed by atoms with Gasteiger partial charge in [-0.1, -0.05) is 23.2 Å². The second-order valence-electron chi connectivity index (χ2n) is 5.48. The van der Waals surface area contributed by atoms with Crippen molar-refractivity contribution in [3.63, 3.8) is 0 Å². The van der Waals surface area contributed by atoms with Crippen LogP contribution in [0.25, 0.3) is 0 Å². The summed E-state index contributed by atoms with van der Waals surface area (Å²) in [4.78, 5) is 6.22. The first-order valence-electron chi connectivity index (χ1n) is 7.48. The molecule has 0 spiro atoms. The van der Waals surface area contributed by atoms with E-state index < -0.39 is 10.0 Å². The Bertz CT molecular complexity index is 918. The molecule has 25 heavy (non-hydrogen) atoms. The monoisotopic (exact) mass is 396 g/mol. The van der Waals surface area contributed by atoms with Gasteiger partial charge in [-0.3, -0.25) is 0 Å². The Kier molecular flexibility index (Phi) is 5.16. The number of aromatic nitrogens is 1. The van der Waals surface area contributed by atoms with Crippen molar-refractivity contribution in [2.75, 3.05) is 31.1 Å². The van der Waals surface area contributed by atoms with Gasteiger partial charge in [-0.2, -0.15) is 9.57 Å². The van der Waals surface area contributed by atoms with Crippen molar-refractivity contribution in [3.8, 4) is 6.07 Å². The topological polar surface area (TPSA) is 77.3 Å². The molecule has 1 aliphatic rings. The molecule has 1 aliphatic heterocycles. The van der Waals surface area contributed by atoms with Crippen LogP contribution < -0.4 is 4.90 Å². The molecule has 0 amide bonds. The summed E-state index contributed by atoms with van der Waals surface area (Å²) in [6.45, 7) is 1.77. The van der Waals surface area contributed by atoms with Gasteiger partial charge in [0.15, 0.2) is 0 Å². The van der Waals surface area contributed by atoms with Crippen LogP contribution in [0.15, 0.2) is 41.4 Å². The Morgan fingerprint density at radius 2 is 1.76 bits per heavy atom. The van der Waals surface area contributed by atoms with E-state index in [0.717, 1.165) is 5.69 Å². The molecule has 0 atom stereocenters. The van der Waals surface area contributed by atoms with Crippen LogP contribution in [-0.2, 0) is 10.0 Å². The number of nitriles is 1. The molecule has 1 saturated heterocycles. The second kappa shape index (κ2) is 7.18. The molecule has 1 fully saturated rings. The van der Waals surface area contributed by atoms with Gasteiger partial charge >= 0.3 is 0 Å². The second-order valence-corrected chi connectivity index (χ2v) is 8.23. The average molecular weight is 397 g/mol. The molecular formula is C16H14Cl2N4O2S. The molecule has 0 unspecified atom stereocenters. The van der Waals surface area contributed by atoms with Crippen molar-refractivity contribution in [3.05, 3.63) is 52.3 Å². The summed E-state index contributed by atoms with van der Waals surface area (Å²) in [5.41, 5.74) is 1.22. The Hall–Kier alpha value is -1.85. The van der Waals surface area contributed by atoms with E-state index in [0.29, 0.717) is 36.9 Å². The molecule has 130 valence electrons. The Morgan fingerprint density at radius 1 is 1.04 bits per heavy atom. The smallest absolute Gasteiger partial charge is 0.243 e. The summed E-state index contributed by atoms with van der Waals surface area (Å²) in [7, 11) is -3.61. The number of sulfonamides is 1. The summed E-state index contributed by atoms with van der Waals surface area (Å²) >= 11 is 11.8. The zero-order chi connectivity index (χ0) is 18.0. The lowest BCUT2D eigenvalue weighted by atomic mass is 10.3. The van der Waals surface area contributed by atoms with E-state index in [1.807, 2.05) is 17.0 Å². The number of anilines is 1. The number of halogens is 2. The minimum absolute atomic E-state index is 0.135. The van der Waals surface area contributed by atoms with E-state index in [9.17, 15) is 8.42 Å². The number of benzene rings is 1. The van der Waals surface area contributed by atoms with Gasteiger partial charge in [-0.15, -0.1) is 0 Å². The normalized spacial score (nSPS) is 15.8. The van der Waals surface area contributed by atoms with Crippen molar-refractivity contribution >= 4 is 38.9 Å². The molecule has 0 aliphatic carbocycles. The van der Waals surface area contributed by atoms with Gasteiger partial charge in [0.2, 0.25) is 10.0 Å². The van der Waals surface area contributed by atoms with Crippen molar-refractivity contribution in [1.29, 1.82) is 5.26 Å². The van der Waals surface area contributed by atoms with Crippen LogP contribution in [0.3, 0.4) is 0 Å². The zero-order valence-electron chi connectivity index (χ0n) is 13.1. The minimum atomic E-state index is -3.61. The van der Waals surface area contributed by atoms with E-state index in [1.54, 1.807) is 12.3 Å². The van der Waals surface area contributed by atoms with Gasteiger partial charge in [-0.25, -0.2) is 13.4 Å². The Morgan fingerprint density at radius 3 is 2.32 bits per heavy atom. The van der Waals surface area contributed by atoms with Crippen LogP contribution in [0.5, 0.6) is 0 Å². The maximum absolute atomic E-state index is 12.7.